The first-order valence-corrected chi connectivity index (χ1v) is 12.5. The van der Waals surface area contributed by atoms with Gasteiger partial charge in [-0.1, -0.05) is 42.5 Å². The van der Waals surface area contributed by atoms with Gasteiger partial charge in [0, 0.05) is 28.3 Å². The van der Waals surface area contributed by atoms with Crippen molar-refractivity contribution < 1.29 is 18.0 Å². The monoisotopic (exact) mass is 500 g/mol. The standard InChI is InChI=1S/C27H24N4O4S/c28-25-12-5-4-7-20(25)17-26(32)29-22-10-6-11-23(18-22)30-27(33)19-13-15-24(16-14-19)36(34,35)31-21-8-2-1-3-9-21/h1-16,18,31H,17,28H2,(H,29,32)(H,30,33). The Hall–Kier alpha value is -4.63. The van der Waals surface area contributed by atoms with Gasteiger partial charge in [0.15, 0.2) is 0 Å². The van der Waals surface area contributed by atoms with E-state index in [-0.39, 0.29) is 22.8 Å². The molecule has 0 atom stereocenters. The quantitative estimate of drug-likeness (QED) is 0.265. The number of hydrogen-bond donors (Lipinski definition) is 4. The zero-order valence-corrected chi connectivity index (χ0v) is 20.0. The van der Waals surface area contributed by atoms with E-state index in [1.807, 2.05) is 6.07 Å². The molecule has 4 aromatic rings. The van der Waals surface area contributed by atoms with Crippen LogP contribution >= 0.6 is 0 Å². The Labute approximate surface area is 209 Å². The summed E-state index contributed by atoms with van der Waals surface area (Å²) in [5.74, 6) is -0.659. The second kappa shape index (κ2) is 10.7. The number of nitrogen functional groups attached to an aromatic ring is 1. The fraction of sp³-hybridized carbons (Fsp3) is 0.0370. The number of amides is 2. The number of carbonyl (C=O) groups excluding carboxylic acids is 2. The highest BCUT2D eigenvalue weighted by molar-refractivity contribution is 7.92. The highest BCUT2D eigenvalue weighted by Gasteiger charge is 2.15. The number of nitrogens with two attached hydrogens (primary N) is 1. The van der Waals surface area contributed by atoms with Crippen LogP contribution in [-0.4, -0.2) is 20.2 Å². The summed E-state index contributed by atoms with van der Waals surface area (Å²) in [7, 11) is -3.79. The van der Waals surface area contributed by atoms with Crippen LogP contribution in [0.2, 0.25) is 0 Å². The molecule has 0 aliphatic heterocycles. The van der Waals surface area contributed by atoms with Crippen LogP contribution in [0.1, 0.15) is 15.9 Å². The number of hydrogen-bond acceptors (Lipinski definition) is 5. The third kappa shape index (κ3) is 6.28. The van der Waals surface area contributed by atoms with Crippen LogP contribution in [0.25, 0.3) is 0 Å². The fourth-order valence-electron chi connectivity index (χ4n) is 3.46. The maximum absolute atomic E-state index is 12.7. The van der Waals surface area contributed by atoms with Crippen LogP contribution in [0.3, 0.4) is 0 Å². The van der Waals surface area contributed by atoms with Gasteiger partial charge in [0.2, 0.25) is 5.91 Å². The molecule has 0 spiro atoms. The van der Waals surface area contributed by atoms with Crippen LogP contribution in [0, 0.1) is 0 Å². The van der Waals surface area contributed by atoms with Gasteiger partial charge in [-0.15, -0.1) is 0 Å². The molecule has 0 unspecified atom stereocenters. The maximum atomic E-state index is 12.7. The minimum absolute atomic E-state index is 0.0339. The lowest BCUT2D eigenvalue weighted by molar-refractivity contribution is -0.115. The summed E-state index contributed by atoms with van der Waals surface area (Å²) >= 11 is 0. The molecule has 5 N–H and O–H groups in total. The Morgan fingerprint density at radius 2 is 1.31 bits per heavy atom. The molecule has 0 saturated carbocycles. The lowest BCUT2D eigenvalue weighted by atomic mass is 10.1. The molecule has 4 aromatic carbocycles. The average Bonchev–Trinajstić information content (AvgIpc) is 2.86. The summed E-state index contributed by atoms with van der Waals surface area (Å²) in [5, 5.41) is 5.55. The molecule has 0 aromatic heterocycles. The summed E-state index contributed by atoms with van der Waals surface area (Å²) in [6, 6.07) is 28.0. The van der Waals surface area contributed by atoms with E-state index in [9.17, 15) is 18.0 Å². The van der Waals surface area contributed by atoms with Crippen LogP contribution in [0.5, 0.6) is 0 Å². The van der Waals surface area contributed by atoms with Gasteiger partial charge >= 0.3 is 0 Å². The van der Waals surface area contributed by atoms with E-state index >= 15 is 0 Å². The Kier molecular flexibility index (Phi) is 7.31. The summed E-state index contributed by atoms with van der Waals surface area (Å²) in [6.45, 7) is 0. The van der Waals surface area contributed by atoms with Gasteiger partial charge in [0.25, 0.3) is 15.9 Å². The first kappa shape index (κ1) is 24.5. The molecule has 0 heterocycles. The normalized spacial score (nSPS) is 10.9. The molecule has 0 fully saturated rings. The van der Waals surface area contributed by atoms with Crippen molar-refractivity contribution in [2.75, 3.05) is 21.1 Å². The Bertz CT molecular complexity index is 1490. The molecule has 4 rings (SSSR count). The third-order valence-electron chi connectivity index (χ3n) is 5.26. The van der Waals surface area contributed by atoms with Crippen molar-refractivity contribution in [2.45, 2.75) is 11.3 Å². The molecule has 9 heteroatoms. The largest absolute Gasteiger partial charge is 0.398 e. The van der Waals surface area contributed by atoms with Crippen molar-refractivity contribution in [3.8, 4) is 0 Å². The Balaban J connectivity index is 1.39. The lowest BCUT2D eigenvalue weighted by Gasteiger charge is -2.11. The molecule has 0 radical (unpaired) electrons. The summed E-state index contributed by atoms with van der Waals surface area (Å²) in [6.07, 6.45) is 0.123. The number of anilines is 4. The van der Waals surface area contributed by atoms with Gasteiger partial charge in [0.1, 0.15) is 0 Å². The van der Waals surface area contributed by atoms with Crippen molar-refractivity contribution in [1.82, 2.24) is 0 Å². The Morgan fingerprint density at radius 1 is 0.694 bits per heavy atom. The number of nitrogens with one attached hydrogen (secondary N) is 3. The fourth-order valence-corrected chi connectivity index (χ4v) is 4.52. The summed E-state index contributed by atoms with van der Waals surface area (Å²) < 4.78 is 27.7. The highest BCUT2D eigenvalue weighted by Crippen LogP contribution is 2.19. The van der Waals surface area contributed by atoms with E-state index in [1.165, 1.54) is 24.3 Å². The molecule has 0 aliphatic carbocycles. The van der Waals surface area contributed by atoms with Crippen LogP contribution in [-0.2, 0) is 21.2 Å². The van der Waals surface area contributed by atoms with Crippen molar-refractivity contribution in [1.29, 1.82) is 0 Å². The second-order valence-electron chi connectivity index (χ2n) is 7.95. The number of rotatable bonds is 8. The van der Waals surface area contributed by atoms with Crippen molar-refractivity contribution in [3.05, 3.63) is 114 Å². The van der Waals surface area contributed by atoms with E-state index in [2.05, 4.69) is 15.4 Å². The zero-order valence-electron chi connectivity index (χ0n) is 19.1. The second-order valence-corrected chi connectivity index (χ2v) is 9.64. The topological polar surface area (TPSA) is 130 Å². The molecular weight excluding hydrogens is 476 g/mol. The highest BCUT2D eigenvalue weighted by atomic mass is 32.2. The minimum atomic E-state index is -3.79. The third-order valence-corrected chi connectivity index (χ3v) is 6.66. The molecule has 8 nitrogen and oxygen atoms in total. The zero-order chi connectivity index (χ0) is 25.5. The first-order chi connectivity index (χ1) is 17.3. The van der Waals surface area contributed by atoms with Gasteiger partial charge < -0.3 is 16.4 Å². The first-order valence-electron chi connectivity index (χ1n) is 11.0. The number of para-hydroxylation sites is 2. The Morgan fingerprint density at radius 3 is 2.00 bits per heavy atom. The van der Waals surface area contributed by atoms with Crippen molar-refractivity contribution >= 4 is 44.6 Å². The SMILES string of the molecule is Nc1ccccc1CC(=O)Nc1cccc(NC(=O)c2ccc(S(=O)(=O)Nc3ccccc3)cc2)c1. The van der Waals surface area contributed by atoms with Gasteiger partial charge in [0.05, 0.1) is 11.3 Å². The number of sulfonamides is 1. The van der Waals surface area contributed by atoms with Gasteiger partial charge in [-0.25, -0.2) is 8.42 Å². The van der Waals surface area contributed by atoms with E-state index in [0.717, 1.165) is 5.56 Å². The predicted octanol–water partition coefficient (Wildman–Crippen LogP) is 4.50. The van der Waals surface area contributed by atoms with Crippen molar-refractivity contribution in [2.24, 2.45) is 0 Å². The lowest BCUT2D eigenvalue weighted by Crippen LogP contribution is -2.16. The molecule has 0 bridgehead atoms. The van der Waals surface area contributed by atoms with Crippen LogP contribution in [0.15, 0.2) is 108 Å². The average molecular weight is 501 g/mol. The minimum Gasteiger partial charge on any atom is -0.398 e. The van der Waals surface area contributed by atoms with Crippen LogP contribution in [0.4, 0.5) is 22.7 Å². The van der Waals surface area contributed by atoms with Crippen molar-refractivity contribution in [3.63, 3.8) is 0 Å². The summed E-state index contributed by atoms with van der Waals surface area (Å²) in [4.78, 5) is 25.1. The van der Waals surface area contributed by atoms with E-state index in [1.54, 1.807) is 72.8 Å². The van der Waals surface area contributed by atoms with E-state index < -0.39 is 15.9 Å². The van der Waals surface area contributed by atoms with Gasteiger partial charge in [-0.2, -0.15) is 0 Å². The van der Waals surface area contributed by atoms with E-state index in [0.29, 0.717) is 22.7 Å². The molecule has 182 valence electrons. The number of carbonyl (C=O) groups is 2. The smallest absolute Gasteiger partial charge is 0.261 e. The molecular formula is C27H24N4O4S. The molecule has 2 amide bonds. The molecule has 0 aliphatic rings. The molecule has 0 saturated heterocycles. The van der Waals surface area contributed by atoms with Gasteiger partial charge in [-0.3, -0.25) is 14.3 Å². The van der Waals surface area contributed by atoms with Crippen LogP contribution < -0.4 is 21.1 Å². The number of benzene rings is 4. The summed E-state index contributed by atoms with van der Waals surface area (Å²) in [5.41, 5.74) is 8.88. The van der Waals surface area contributed by atoms with E-state index in [4.69, 9.17) is 5.73 Å². The van der Waals surface area contributed by atoms with Gasteiger partial charge in [-0.05, 0) is 66.2 Å². The molecule has 36 heavy (non-hydrogen) atoms. The maximum Gasteiger partial charge on any atom is 0.261 e. The predicted molar refractivity (Wildman–Crippen MR) is 141 cm³/mol.